The molecule has 2 rings (SSSR count). The Morgan fingerprint density at radius 3 is 2.78 bits per heavy atom. The zero-order valence-electron chi connectivity index (χ0n) is 11.8. The second kappa shape index (κ2) is 6.02. The average molecular weight is 253 g/mol. The summed E-state index contributed by atoms with van der Waals surface area (Å²) in [5, 5.41) is 0. The lowest BCUT2D eigenvalue weighted by Crippen LogP contribution is -2.58. The van der Waals surface area contributed by atoms with Gasteiger partial charge in [-0.3, -0.25) is 9.69 Å². The van der Waals surface area contributed by atoms with E-state index >= 15 is 0 Å². The molecule has 0 radical (unpaired) electrons. The van der Waals surface area contributed by atoms with Gasteiger partial charge < -0.3 is 10.6 Å². The molecule has 2 aliphatic heterocycles. The third kappa shape index (κ3) is 3.23. The van der Waals surface area contributed by atoms with Crippen molar-refractivity contribution >= 4 is 5.91 Å². The highest BCUT2D eigenvalue weighted by molar-refractivity contribution is 5.81. The summed E-state index contributed by atoms with van der Waals surface area (Å²) >= 11 is 0. The predicted octanol–water partition coefficient (Wildman–Crippen LogP) is 1.06. The fraction of sp³-hybridized carbons (Fsp3) is 0.929. The number of piperidine rings is 1. The molecule has 2 saturated heterocycles. The van der Waals surface area contributed by atoms with Crippen molar-refractivity contribution in [3.05, 3.63) is 0 Å². The van der Waals surface area contributed by atoms with E-state index in [0.29, 0.717) is 12.0 Å². The van der Waals surface area contributed by atoms with Gasteiger partial charge in [-0.15, -0.1) is 0 Å². The summed E-state index contributed by atoms with van der Waals surface area (Å²) in [6.45, 7) is 8.24. The van der Waals surface area contributed by atoms with Gasteiger partial charge >= 0.3 is 0 Å². The maximum absolute atomic E-state index is 12.3. The molecule has 2 heterocycles. The highest BCUT2D eigenvalue weighted by Crippen LogP contribution is 2.21. The van der Waals surface area contributed by atoms with Crippen LogP contribution in [0.5, 0.6) is 0 Å². The number of hydrogen-bond acceptors (Lipinski definition) is 3. The molecule has 2 unspecified atom stereocenters. The molecule has 0 bridgehead atoms. The van der Waals surface area contributed by atoms with Crippen LogP contribution in [-0.2, 0) is 4.79 Å². The van der Waals surface area contributed by atoms with Gasteiger partial charge in [-0.05, 0) is 31.7 Å². The fourth-order valence-corrected chi connectivity index (χ4v) is 3.20. The van der Waals surface area contributed by atoms with Crippen molar-refractivity contribution < 1.29 is 4.79 Å². The van der Waals surface area contributed by atoms with E-state index in [1.54, 1.807) is 0 Å². The van der Waals surface area contributed by atoms with Gasteiger partial charge in [-0.1, -0.05) is 20.3 Å². The molecule has 0 saturated carbocycles. The van der Waals surface area contributed by atoms with Crippen LogP contribution in [0.1, 0.15) is 39.5 Å². The third-order valence-electron chi connectivity index (χ3n) is 4.19. The number of nitrogens with two attached hydrogens (primary N) is 1. The standard InChI is InChI=1S/C14H27N3O/c1-11(2)9-13(15)14(18)17-8-7-16-6-4-3-5-12(16)10-17/h11-13H,3-10,15H2,1-2H3. The Kier molecular flexibility index (Phi) is 4.62. The van der Waals surface area contributed by atoms with Gasteiger partial charge in [0, 0.05) is 25.7 Å². The summed E-state index contributed by atoms with van der Waals surface area (Å²) in [4.78, 5) is 16.8. The zero-order chi connectivity index (χ0) is 13.1. The third-order valence-corrected chi connectivity index (χ3v) is 4.19. The second-order valence-corrected chi connectivity index (χ2v) is 6.21. The van der Waals surface area contributed by atoms with Crippen LogP contribution in [0.2, 0.25) is 0 Å². The number of rotatable bonds is 3. The minimum Gasteiger partial charge on any atom is -0.338 e. The normalized spacial score (nSPS) is 27.1. The molecule has 18 heavy (non-hydrogen) atoms. The number of carbonyl (C=O) groups is 1. The van der Waals surface area contributed by atoms with E-state index in [2.05, 4.69) is 18.7 Å². The van der Waals surface area contributed by atoms with Gasteiger partial charge in [0.2, 0.25) is 5.91 Å². The lowest BCUT2D eigenvalue weighted by molar-refractivity contribution is -0.136. The number of carbonyl (C=O) groups excluding carboxylic acids is 1. The van der Waals surface area contributed by atoms with Gasteiger partial charge in [-0.25, -0.2) is 0 Å². The van der Waals surface area contributed by atoms with Gasteiger partial charge in [0.15, 0.2) is 0 Å². The Bertz CT molecular complexity index is 293. The minimum atomic E-state index is -0.305. The SMILES string of the molecule is CC(C)CC(N)C(=O)N1CCN2CCCCC2C1. The summed E-state index contributed by atoms with van der Waals surface area (Å²) in [5.74, 6) is 0.647. The number of hydrogen-bond donors (Lipinski definition) is 1. The summed E-state index contributed by atoms with van der Waals surface area (Å²) in [7, 11) is 0. The molecule has 1 amide bonds. The van der Waals surface area contributed by atoms with Crippen molar-refractivity contribution in [2.24, 2.45) is 11.7 Å². The molecule has 2 atom stereocenters. The summed E-state index contributed by atoms with van der Waals surface area (Å²) in [6.07, 6.45) is 4.66. The molecular weight excluding hydrogens is 226 g/mol. The first kappa shape index (κ1) is 13.8. The largest absolute Gasteiger partial charge is 0.338 e. The van der Waals surface area contributed by atoms with Crippen LogP contribution in [0.25, 0.3) is 0 Å². The Balaban J connectivity index is 1.88. The maximum atomic E-state index is 12.3. The Morgan fingerprint density at radius 2 is 2.06 bits per heavy atom. The van der Waals surface area contributed by atoms with E-state index in [1.165, 1.54) is 25.8 Å². The van der Waals surface area contributed by atoms with Crippen molar-refractivity contribution in [1.82, 2.24) is 9.80 Å². The van der Waals surface area contributed by atoms with E-state index in [0.717, 1.165) is 26.1 Å². The van der Waals surface area contributed by atoms with Crippen LogP contribution in [-0.4, -0.2) is 54.0 Å². The highest BCUT2D eigenvalue weighted by atomic mass is 16.2. The molecule has 0 spiro atoms. The van der Waals surface area contributed by atoms with Gasteiger partial charge in [0.05, 0.1) is 6.04 Å². The first-order valence-corrected chi connectivity index (χ1v) is 7.36. The molecule has 4 heteroatoms. The van der Waals surface area contributed by atoms with Crippen molar-refractivity contribution in [1.29, 1.82) is 0 Å². The van der Waals surface area contributed by atoms with Crippen molar-refractivity contribution in [2.75, 3.05) is 26.2 Å². The molecule has 0 aliphatic carbocycles. The van der Waals surface area contributed by atoms with Crippen molar-refractivity contribution in [3.63, 3.8) is 0 Å². The summed E-state index contributed by atoms with van der Waals surface area (Å²) in [6, 6.07) is 0.280. The molecule has 2 N–H and O–H groups in total. The quantitative estimate of drug-likeness (QED) is 0.818. The molecule has 0 aromatic rings. The fourth-order valence-electron chi connectivity index (χ4n) is 3.20. The van der Waals surface area contributed by atoms with Gasteiger partial charge in [-0.2, -0.15) is 0 Å². The molecule has 2 aliphatic rings. The van der Waals surface area contributed by atoms with E-state index in [9.17, 15) is 4.79 Å². The second-order valence-electron chi connectivity index (χ2n) is 6.21. The summed E-state index contributed by atoms with van der Waals surface area (Å²) < 4.78 is 0. The lowest BCUT2D eigenvalue weighted by Gasteiger charge is -2.44. The van der Waals surface area contributed by atoms with Crippen LogP contribution in [0.3, 0.4) is 0 Å². The lowest BCUT2D eigenvalue weighted by atomic mass is 9.98. The molecule has 2 fully saturated rings. The molecule has 0 aromatic carbocycles. The van der Waals surface area contributed by atoms with Crippen LogP contribution in [0.4, 0.5) is 0 Å². The first-order chi connectivity index (χ1) is 8.58. The predicted molar refractivity (Wildman–Crippen MR) is 73.2 cm³/mol. The zero-order valence-corrected chi connectivity index (χ0v) is 11.8. The van der Waals surface area contributed by atoms with E-state index < -0.39 is 0 Å². The van der Waals surface area contributed by atoms with Crippen LogP contribution in [0.15, 0.2) is 0 Å². The van der Waals surface area contributed by atoms with Crippen LogP contribution in [0, 0.1) is 5.92 Å². The first-order valence-electron chi connectivity index (χ1n) is 7.36. The minimum absolute atomic E-state index is 0.161. The van der Waals surface area contributed by atoms with Gasteiger partial charge in [0.1, 0.15) is 0 Å². The number of piperazine rings is 1. The smallest absolute Gasteiger partial charge is 0.239 e. The van der Waals surface area contributed by atoms with E-state index in [1.807, 2.05) is 4.90 Å². The topological polar surface area (TPSA) is 49.6 Å². The number of fused-ring (bicyclic) bond motifs is 1. The molecular formula is C14H27N3O. The average Bonchev–Trinajstić information content (AvgIpc) is 2.36. The van der Waals surface area contributed by atoms with Crippen molar-refractivity contribution in [3.8, 4) is 0 Å². The maximum Gasteiger partial charge on any atom is 0.239 e. The Hall–Kier alpha value is -0.610. The van der Waals surface area contributed by atoms with Gasteiger partial charge in [0.25, 0.3) is 0 Å². The van der Waals surface area contributed by atoms with E-state index in [4.69, 9.17) is 5.73 Å². The van der Waals surface area contributed by atoms with E-state index in [-0.39, 0.29) is 11.9 Å². The summed E-state index contributed by atoms with van der Waals surface area (Å²) in [5.41, 5.74) is 6.01. The molecule has 4 nitrogen and oxygen atoms in total. The molecule has 0 aromatic heterocycles. The highest BCUT2D eigenvalue weighted by Gasteiger charge is 2.32. The molecule has 104 valence electrons. The van der Waals surface area contributed by atoms with Crippen LogP contribution < -0.4 is 5.73 Å². The number of nitrogens with zero attached hydrogens (tertiary/aromatic N) is 2. The Labute approximate surface area is 110 Å². The van der Waals surface area contributed by atoms with Crippen LogP contribution >= 0.6 is 0 Å². The monoisotopic (exact) mass is 253 g/mol. The van der Waals surface area contributed by atoms with Crippen molar-refractivity contribution in [2.45, 2.75) is 51.6 Å². The Morgan fingerprint density at radius 1 is 1.28 bits per heavy atom. The number of amides is 1.